The molecule has 0 saturated carbocycles. The van der Waals surface area contributed by atoms with Gasteiger partial charge in [0.25, 0.3) is 0 Å². The molecule has 0 saturated heterocycles. The molecule has 4 nitrogen and oxygen atoms in total. The van der Waals surface area contributed by atoms with Crippen LogP contribution in [0.25, 0.3) is 0 Å². The summed E-state index contributed by atoms with van der Waals surface area (Å²) < 4.78 is 47.3. The maximum absolute atomic E-state index is 13.8. The summed E-state index contributed by atoms with van der Waals surface area (Å²) in [7, 11) is -2.95. The fourth-order valence-corrected chi connectivity index (χ4v) is 3.61. The first-order valence-electron chi connectivity index (χ1n) is 8.31. The van der Waals surface area contributed by atoms with Crippen LogP contribution in [0.4, 0.5) is 4.39 Å². The first-order chi connectivity index (χ1) is 11.9. The quantitative estimate of drug-likeness (QED) is 0.699. The Hall–Kier alpha value is -2.08. The molecule has 1 aliphatic carbocycles. The Bertz CT molecular complexity index is 844. The van der Waals surface area contributed by atoms with E-state index in [9.17, 15) is 12.8 Å². The second-order valence-electron chi connectivity index (χ2n) is 6.26. The summed E-state index contributed by atoms with van der Waals surface area (Å²) in [6, 6.07) is 10.3. The molecular weight excluding hydrogens is 343 g/mol. The Morgan fingerprint density at radius 3 is 2.40 bits per heavy atom. The van der Waals surface area contributed by atoms with E-state index < -0.39 is 9.84 Å². The molecule has 2 aromatic rings. The molecule has 0 unspecified atom stereocenters. The third-order valence-corrected chi connectivity index (χ3v) is 5.19. The molecule has 3 rings (SSSR count). The number of ether oxygens (including phenoxy) is 2. The standard InChI is InChI=1S/C19H21FO4S/c1-25(21,22)13-3-12-23-14-6-8-15(9-7-14)24-19-11-10-18(20)16-4-2-5-17(16)19/h6-11H,2-5,12-13H2,1H3. The number of hydrogen-bond donors (Lipinski definition) is 0. The van der Waals surface area contributed by atoms with Gasteiger partial charge in [-0.25, -0.2) is 12.8 Å². The highest BCUT2D eigenvalue weighted by atomic mass is 32.2. The molecule has 0 aliphatic heterocycles. The zero-order chi connectivity index (χ0) is 17.9. The van der Waals surface area contributed by atoms with E-state index in [-0.39, 0.29) is 11.6 Å². The molecule has 6 heteroatoms. The predicted octanol–water partition coefficient (Wildman–Crippen LogP) is 3.92. The van der Waals surface area contributed by atoms with Gasteiger partial charge < -0.3 is 9.47 Å². The first kappa shape index (κ1) is 17.7. The number of rotatable bonds is 7. The van der Waals surface area contributed by atoms with Crippen molar-refractivity contribution in [2.24, 2.45) is 0 Å². The molecule has 0 bridgehead atoms. The number of benzene rings is 2. The zero-order valence-electron chi connectivity index (χ0n) is 14.1. The Morgan fingerprint density at radius 1 is 1.00 bits per heavy atom. The highest BCUT2D eigenvalue weighted by molar-refractivity contribution is 7.90. The summed E-state index contributed by atoms with van der Waals surface area (Å²) in [6.07, 6.45) is 4.22. The third-order valence-electron chi connectivity index (χ3n) is 4.16. The van der Waals surface area contributed by atoms with Crippen molar-refractivity contribution in [1.82, 2.24) is 0 Å². The highest BCUT2D eigenvalue weighted by Gasteiger charge is 2.20. The fraction of sp³-hybridized carbons (Fsp3) is 0.368. The molecule has 0 aromatic heterocycles. The average Bonchev–Trinajstić information content (AvgIpc) is 3.06. The van der Waals surface area contributed by atoms with E-state index in [1.807, 2.05) is 0 Å². The number of fused-ring (bicyclic) bond motifs is 1. The molecule has 0 heterocycles. The third kappa shape index (κ3) is 4.72. The fourth-order valence-electron chi connectivity index (χ4n) is 2.97. The van der Waals surface area contributed by atoms with Gasteiger partial charge in [-0.05, 0) is 67.6 Å². The van der Waals surface area contributed by atoms with Crippen molar-refractivity contribution in [2.75, 3.05) is 18.6 Å². The van der Waals surface area contributed by atoms with Gasteiger partial charge in [-0.2, -0.15) is 0 Å². The Kier molecular flexibility index (Phi) is 5.27. The molecule has 25 heavy (non-hydrogen) atoms. The van der Waals surface area contributed by atoms with Crippen LogP contribution in [0.1, 0.15) is 24.0 Å². The molecule has 0 spiro atoms. The van der Waals surface area contributed by atoms with E-state index in [1.165, 1.54) is 12.3 Å². The van der Waals surface area contributed by atoms with E-state index in [0.717, 1.165) is 30.4 Å². The summed E-state index contributed by atoms with van der Waals surface area (Å²) in [4.78, 5) is 0. The maximum Gasteiger partial charge on any atom is 0.147 e. The maximum atomic E-state index is 13.8. The van der Waals surface area contributed by atoms with E-state index in [4.69, 9.17) is 9.47 Å². The minimum Gasteiger partial charge on any atom is -0.494 e. The van der Waals surface area contributed by atoms with Crippen LogP contribution in [0, 0.1) is 5.82 Å². The minimum atomic E-state index is -2.95. The number of hydrogen-bond acceptors (Lipinski definition) is 4. The average molecular weight is 364 g/mol. The lowest BCUT2D eigenvalue weighted by molar-refractivity contribution is 0.317. The number of sulfone groups is 1. The van der Waals surface area contributed by atoms with Crippen molar-refractivity contribution in [3.05, 3.63) is 53.3 Å². The van der Waals surface area contributed by atoms with E-state index in [1.54, 1.807) is 30.3 Å². The summed E-state index contributed by atoms with van der Waals surface area (Å²) >= 11 is 0. The van der Waals surface area contributed by atoms with Crippen LogP contribution >= 0.6 is 0 Å². The van der Waals surface area contributed by atoms with Crippen LogP contribution in [0.15, 0.2) is 36.4 Å². The lowest BCUT2D eigenvalue weighted by Crippen LogP contribution is -2.07. The molecule has 1 aliphatic rings. The van der Waals surface area contributed by atoms with Crippen LogP contribution in [0.3, 0.4) is 0 Å². The topological polar surface area (TPSA) is 52.6 Å². The Morgan fingerprint density at radius 2 is 1.68 bits per heavy atom. The Labute approximate surface area is 147 Å². The van der Waals surface area contributed by atoms with Crippen molar-refractivity contribution in [2.45, 2.75) is 25.7 Å². The summed E-state index contributed by atoms with van der Waals surface area (Å²) in [5.41, 5.74) is 1.73. The van der Waals surface area contributed by atoms with Crippen LogP contribution in [-0.2, 0) is 22.7 Å². The molecule has 0 N–H and O–H groups in total. The van der Waals surface area contributed by atoms with Crippen LogP contribution < -0.4 is 9.47 Å². The monoisotopic (exact) mass is 364 g/mol. The van der Waals surface area contributed by atoms with Crippen molar-refractivity contribution in [1.29, 1.82) is 0 Å². The van der Waals surface area contributed by atoms with Gasteiger partial charge in [0, 0.05) is 11.8 Å². The van der Waals surface area contributed by atoms with Gasteiger partial charge in [-0.1, -0.05) is 0 Å². The van der Waals surface area contributed by atoms with Gasteiger partial charge in [0.15, 0.2) is 0 Å². The first-order valence-corrected chi connectivity index (χ1v) is 10.4. The predicted molar refractivity (Wildman–Crippen MR) is 94.8 cm³/mol. The van der Waals surface area contributed by atoms with Crippen LogP contribution in [0.2, 0.25) is 0 Å². The second kappa shape index (κ2) is 7.44. The van der Waals surface area contributed by atoms with Gasteiger partial charge in [-0.3, -0.25) is 0 Å². The highest BCUT2D eigenvalue weighted by Crippen LogP contribution is 2.35. The van der Waals surface area contributed by atoms with Crippen molar-refractivity contribution in [3.63, 3.8) is 0 Å². The summed E-state index contributed by atoms with van der Waals surface area (Å²) in [5.74, 6) is 1.98. The van der Waals surface area contributed by atoms with Crippen molar-refractivity contribution < 1.29 is 22.3 Å². The molecular formula is C19H21FO4S. The lowest BCUT2D eigenvalue weighted by atomic mass is 10.1. The molecule has 134 valence electrons. The Balaban J connectivity index is 1.59. The van der Waals surface area contributed by atoms with Gasteiger partial charge in [0.05, 0.1) is 12.4 Å². The van der Waals surface area contributed by atoms with Gasteiger partial charge in [-0.15, -0.1) is 0 Å². The largest absolute Gasteiger partial charge is 0.494 e. The number of halogens is 1. The van der Waals surface area contributed by atoms with E-state index in [2.05, 4.69) is 0 Å². The van der Waals surface area contributed by atoms with Crippen LogP contribution in [0.5, 0.6) is 17.2 Å². The summed E-state index contributed by atoms with van der Waals surface area (Å²) in [6.45, 7) is 0.346. The normalized spacial score (nSPS) is 13.5. The molecule has 0 amide bonds. The van der Waals surface area contributed by atoms with E-state index in [0.29, 0.717) is 30.3 Å². The van der Waals surface area contributed by atoms with Crippen LogP contribution in [-0.4, -0.2) is 27.0 Å². The second-order valence-corrected chi connectivity index (χ2v) is 8.52. The van der Waals surface area contributed by atoms with Gasteiger partial charge in [0.1, 0.15) is 32.9 Å². The van der Waals surface area contributed by atoms with Crippen molar-refractivity contribution >= 4 is 9.84 Å². The molecule has 0 radical (unpaired) electrons. The zero-order valence-corrected chi connectivity index (χ0v) is 14.9. The minimum absolute atomic E-state index is 0.115. The molecule has 2 aromatic carbocycles. The molecule has 0 fully saturated rings. The summed E-state index contributed by atoms with van der Waals surface area (Å²) in [5, 5.41) is 0. The SMILES string of the molecule is CS(=O)(=O)CCCOc1ccc(Oc2ccc(F)c3c2CCC3)cc1. The lowest BCUT2D eigenvalue weighted by Gasteiger charge is -2.12. The van der Waals surface area contributed by atoms with Crippen molar-refractivity contribution in [3.8, 4) is 17.2 Å². The van der Waals surface area contributed by atoms with Gasteiger partial charge >= 0.3 is 0 Å². The smallest absolute Gasteiger partial charge is 0.147 e. The van der Waals surface area contributed by atoms with Gasteiger partial charge in [0.2, 0.25) is 0 Å². The van der Waals surface area contributed by atoms with E-state index >= 15 is 0 Å². The molecule has 0 atom stereocenters.